The predicted molar refractivity (Wildman–Crippen MR) is 76.8 cm³/mol. The van der Waals surface area contributed by atoms with Crippen LogP contribution in [-0.2, 0) is 0 Å². The Kier molecular flexibility index (Phi) is 3.29. The third kappa shape index (κ3) is 2.58. The Bertz CT molecular complexity index is 663. The second kappa shape index (κ2) is 4.97. The number of amides is 1. The molecule has 0 spiro atoms. The minimum absolute atomic E-state index is 0.126. The second-order valence-corrected chi connectivity index (χ2v) is 5.84. The van der Waals surface area contributed by atoms with Crippen molar-refractivity contribution >= 4 is 21.8 Å². The highest BCUT2D eigenvalue weighted by Gasteiger charge is 2.27. The van der Waals surface area contributed by atoms with Gasteiger partial charge in [0.1, 0.15) is 10.4 Å². The average Bonchev–Trinajstić information content (AvgIpc) is 3.14. The standard InChI is InChI=1S/C13H14BrN5O/c1-18(2)13(20)9-5-6-19(17-9)11-7-10(14)15-12(16-11)8-3-4-8/h5-8H,3-4H2,1-2H3. The lowest BCUT2D eigenvalue weighted by Crippen LogP contribution is -2.22. The molecule has 0 aliphatic heterocycles. The Balaban J connectivity index is 1.95. The van der Waals surface area contributed by atoms with Crippen LogP contribution in [-0.4, -0.2) is 44.7 Å². The Morgan fingerprint density at radius 1 is 1.40 bits per heavy atom. The second-order valence-electron chi connectivity index (χ2n) is 5.03. The average molecular weight is 336 g/mol. The number of hydrogen-bond acceptors (Lipinski definition) is 4. The summed E-state index contributed by atoms with van der Waals surface area (Å²) < 4.78 is 2.34. The van der Waals surface area contributed by atoms with Crippen molar-refractivity contribution in [2.45, 2.75) is 18.8 Å². The molecule has 2 aromatic heterocycles. The predicted octanol–water partition coefficient (Wildman–Crippen LogP) is 2.00. The minimum Gasteiger partial charge on any atom is -0.343 e. The van der Waals surface area contributed by atoms with Crippen molar-refractivity contribution in [2.24, 2.45) is 0 Å². The number of aromatic nitrogens is 4. The molecule has 0 atom stereocenters. The molecule has 2 heterocycles. The van der Waals surface area contributed by atoms with E-state index in [1.807, 2.05) is 0 Å². The molecular weight excluding hydrogens is 322 g/mol. The molecule has 6 nitrogen and oxygen atoms in total. The number of carbonyl (C=O) groups excluding carboxylic acids is 1. The Morgan fingerprint density at radius 3 is 2.80 bits per heavy atom. The van der Waals surface area contributed by atoms with Crippen LogP contribution in [0.5, 0.6) is 0 Å². The minimum atomic E-state index is -0.126. The fourth-order valence-electron chi connectivity index (χ4n) is 1.86. The van der Waals surface area contributed by atoms with E-state index in [9.17, 15) is 4.79 Å². The van der Waals surface area contributed by atoms with Gasteiger partial charge in [-0.25, -0.2) is 14.6 Å². The molecule has 1 fully saturated rings. The van der Waals surface area contributed by atoms with Gasteiger partial charge in [0.15, 0.2) is 11.5 Å². The van der Waals surface area contributed by atoms with E-state index in [1.54, 1.807) is 37.1 Å². The smallest absolute Gasteiger partial charge is 0.273 e. The Labute approximate surface area is 125 Å². The van der Waals surface area contributed by atoms with Gasteiger partial charge < -0.3 is 4.90 Å². The molecule has 1 saturated carbocycles. The van der Waals surface area contributed by atoms with Gasteiger partial charge in [-0.2, -0.15) is 5.10 Å². The van der Waals surface area contributed by atoms with Crippen molar-refractivity contribution in [1.29, 1.82) is 0 Å². The molecule has 3 rings (SSSR count). The van der Waals surface area contributed by atoms with Gasteiger partial charge in [0, 0.05) is 32.3 Å². The van der Waals surface area contributed by atoms with E-state index in [0.29, 0.717) is 17.4 Å². The zero-order valence-corrected chi connectivity index (χ0v) is 12.8. The lowest BCUT2D eigenvalue weighted by atomic mass is 10.4. The van der Waals surface area contributed by atoms with Crippen molar-refractivity contribution < 1.29 is 4.79 Å². The van der Waals surface area contributed by atoms with Crippen molar-refractivity contribution in [2.75, 3.05) is 14.1 Å². The van der Waals surface area contributed by atoms with Crippen LogP contribution in [0.1, 0.15) is 35.1 Å². The van der Waals surface area contributed by atoms with Crippen molar-refractivity contribution in [1.82, 2.24) is 24.6 Å². The molecule has 0 bridgehead atoms. The van der Waals surface area contributed by atoms with E-state index >= 15 is 0 Å². The van der Waals surface area contributed by atoms with E-state index < -0.39 is 0 Å². The van der Waals surface area contributed by atoms with Crippen LogP contribution >= 0.6 is 15.9 Å². The molecular formula is C13H14BrN5O. The van der Waals surface area contributed by atoms with Gasteiger partial charge in [-0.1, -0.05) is 0 Å². The highest BCUT2D eigenvalue weighted by Crippen LogP contribution is 2.38. The van der Waals surface area contributed by atoms with Gasteiger partial charge in [-0.05, 0) is 34.8 Å². The lowest BCUT2D eigenvalue weighted by Gasteiger charge is -2.07. The molecule has 1 amide bonds. The molecule has 0 N–H and O–H groups in total. The number of halogens is 1. The van der Waals surface area contributed by atoms with Gasteiger partial charge in [-0.3, -0.25) is 4.79 Å². The number of carbonyl (C=O) groups is 1. The molecule has 2 aromatic rings. The molecule has 1 aliphatic rings. The van der Waals surface area contributed by atoms with Crippen LogP contribution in [0, 0.1) is 0 Å². The highest BCUT2D eigenvalue weighted by molar-refractivity contribution is 9.10. The maximum Gasteiger partial charge on any atom is 0.273 e. The van der Waals surface area contributed by atoms with Crippen LogP contribution in [0.4, 0.5) is 0 Å². The fraction of sp³-hybridized carbons (Fsp3) is 0.385. The van der Waals surface area contributed by atoms with Gasteiger partial charge in [0.2, 0.25) is 0 Å². The van der Waals surface area contributed by atoms with Crippen molar-refractivity contribution in [3.63, 3.8) is 0 Å². The van der Waals surface area contributed by atoms with Gasteiger partial charge in [0.05, 0.1) is 0 Å². The molecule has 0 radical (unpaired) electrons. The summed E-state index contributed by atoms with van der Waals surface area (Å²) in [6.07, 6.45) is 4.01. The molecule has 1 aliphatic carbocycles. The van der Waals surface area contributed by atoms with Crippen molar-refractivity contribution in [3.05, 3.63) is 34.5 Å². The summed E-state index contributed by atoms with van der Waals surface area (Å²) in [5.74, 6) is 1.85. The fourth-order valence-corrected chi connectivity index (χ4v) is 2.25. The summed E-state index contributed by atoms with van der Waals surface area (Å²) in [6.45, 7) is 0. The number of rotatable bonds is 3. The first-order valence-electron chi connectivity index (χ1n) is 6.37. The van der Waals surface area contributed by atoms with E-state index in [0.717, 1.165) is 23.3 Å². The molecule has 0 aromatic carbocycles. The monoisotopic (exact) mass is 335 g/mol. The van der Waals surface area contributed by atoms with E-state index in [1.165, 1.54) is 4.90 Å². The highest BCUT2D eigenvalue weighted by atomic mass is 79.9. The van der Waals surface area contributed by atoms with E-state index in [2.05, 4.69) is 31.0 Å². The summed E-state index contributed by atoms with van der Waals surface area (Å²) in [5.41, 5.74) is 0.401. The Hall–Kier alpha value is -1.76. The zero-order valence-electron chi connectivity index (χ0n) is 11.2. The van der Waals surface area contributed by atoms with Crippen LogP contribution in [0.2, 0.25) is 0 Å². The SMILES string of the molecule is CN(C)C(=O)c1ccn(-c2cc(Br)nc(C3CC3)n2)n1. The van der Waals surface area contributed by atoms with Gasteiger partial charge in [-0.15, -0.1) is 0 Å². The normalized spacial score (nSPS) is 14.3. The summed E-state index contributed by atoms with van der Waals surface area (Å²) >= 11 is 3.40. The molecule has 104 valence electrons. The summed E-state index contributed by atoms with van der Waals surface area (Å²) in [6, 6.07) is 3.48. The largest absolute Gasteiger partial charge is 0.343 e. The quantitative estimate of drug-likeness (QED) is 0.805. The van der Waals surface area contributed by atoms with E-state index in [-0.39, 0.29) is 5.91 Å². The third-order valence-corrected chi connectivity index (χ3v) is 3.50. The molecule has 7 heteroatoms. The molecule has 20 heavy (non-hydrogen) atoms. The van der Waals surface area contributed by atoms with Gasteiger partial charge in [0.25, 0.3) is 5.91 Å². The lowest BCUT2D eigenvalue weighted by molar-refractivity contribution is 0.0821. The van der Waals surface area contributed by atoms with Crippen LogP contribution in [0.25, 0.3) is 5.82 Å². The summed E-state index contributed by atoms with van der Waals surface area (Å²) in [7, 11) is 3.40. The first-order chi connectivity index (χ1) is 9.54. The van der Waals surface area contributed by atoms with Crippen molar-refractivity contribution in [3.8, 4) is 5.82 Å². The molecule has 0 unspecified atom stereocenters. The number of hydrogen-bond donors (Lipinski definition) is 0. The summed E-state index contributed by atoms with van der Waals surface area (Å²) in [5, 5.41) is 4.28. The summed E-state index contributed by atoms with van der Waals surface area (Å²) in [4.78, 5) is 22.2. The molecule has 0 saturated heterocycles. The Morgan fingerprint density at radius 2 is 2.15 bits per heavy atom. The maximum atomic E-state index is 11.8. The zero-order chi connectivity index (χ0) is 14.3. The first-order valence-corrected chi connectivity index (χ1v) is 7.16. The van der Waals surface area contributed by atoms with Gasteiger partial charge >= 0.3 is 0 Å². The van der Waals surface area contributed by atoms with Crippen LogP contribution in [0.3, 0.4) is 0 Å². The maximum absolute atomic E-state index is 11.8. The topological polar surface area (TPSA) is 63.9 Å². The first kappa shape index (κ1) is 13.2. The number of nitrogens with zero attached hydrogens (tertiary/aromatic N) is 5. The van der Waals surface area contributed by atoms with E-state index in [4.69, 9.17) is 0 Å². The van der Waals surface area contributed by atoms with Crippen LogP contribution < -0.4 is 0 Å². The third-order valence-electron chi connectivity index (χ3n) is 3.09. The van der Waals surface area contributed by atoms with Crippen LogP contribution in [0.15, 0.2) is 22.9 Å².